The van der Waals surface area contributed by atoms with Crippen molar-refractivity contribution >= 4 is 17.4 Å². The Morgan fingerprint density at radius 1 is 1.35 bits per heavy atom. The molecule has 2 rings (SSSR count). The first kappa shape index (κ1) is 16.1. The van der Waals surface area contributed by atoms with Crippen LogP contribution < -0.4 is 4.74 Å². The van der Waals surface area contributed by atoms with Crippen molar-refractivity contribution in [3.63, 3.8) is 0 Å². The molecule has 0 atom stereocenters. The Morgan fingerprint density at radius 3 is 2.60 bits per heavy atom. The van der Waals surface area contributed by atoms with Gasteiger partial charge < -0.3 is 14.5 Å². The van der Waals surface area contributed by atoms with E-state index >= 15 is 0 Å². The molecule has 4 heteroatoms. The van der Waals surface area contributed by atoms with Crippen molar-refractivity contribution in [1.82, 2.24) is 4.98 Å². The van der Waals surface area contributed by atoms with Crippen molar-refractivity contribution in [2.75, 3.05) is 7.11 Å². The Kier molecular flexibility index (Phi) is 6.64. The van der Waals surface area contributed by atoms with E-state index in [4.69, 9.17) is 4.74 Å². The number of hydrogen-bond donors (Lipinski definition) is 1. The highest BCUT2D eigenvalue weighted by Gasteiger charge is 2.03. The second kappa shape index (κ2) is 8.25. The quantitative estimate of drug-likeness (QED) is 0.848. The Morgan fingerprint density at radius 2 is 2.10 bits per heavy atom. The van der Waals surface area contributed by atoms with Gasteiger partial charge in [0, 0.05) is 17.1 Å². The topological polar surface area (TPSA) is 51.3 Å². The minimum Gasteiger partial charge on any atom is -0.497 e. The minimum atomic E-state index is 0.0301. The van der Waals surface area contributed by atoms with E-state index in [1.165, 1.54) is 22.9 Å². The first-order valence-electron chi connectivity index (χ1n) is 6.85. The smallest absolute Gasteiger partial charge is 0.293 e. The van der Waals surface area contributed by atoms with E-state index in [1.54, 1.807) is 21.0 Å². The number of nitrogens with one attached hydrogen (secondary N) is 1. The lowest BCUT2D eigenvalue weighted by molar-refractivity contribution is -0.131. The third-order valence-corrected chi connectivity index (χ3v) is 2.82. The molecule has 0 saturated carbocycles. The second-order valence-corrected chi connectivity index (χ2v) is 4.76. The number of ether oxygens (including phenoxy) is 2. The normalized spacial score (nSPS) is 10.1. The van der Waals surface area contributed by atoms with Gasteiger partial charge in [0.25, 0.3) is 6.47 Å². The summed E-state index contributed by atoms with van der Waals surface area (Å²) in [6.45, 7) is 6.24. The molecular formula is C16H23NO3. The third kappa shape index (κ3) is 4.61. The number of fused-ring (bicyclic) bond motifs is 1. The van der Waals surface area contributed by atoms with Gasteiger partial charge in [-0.15, -0.1) is 0 Å². The molecule has 0 aliphatic heterocycles. The number of aromatic amines is 1. The zero-order valence-corrected chi connectivity index (χ0v) is 12.6. The molecule has 1 heterocycles. The largest absolute Gasteiger partial charge is 0.497 e. The monoisotopic (exact) mass is 277 g/mol. The van der Waals surface area contributed by atoms with E-state index in [9.17, 15) is 4.79 Å². The zero-order valence-electron chi connectivity index (χ0n) is 12.6. The van der Waals surface area contributed by atoms with Gasteiger partial charge in [-0.2, -0.15) is 0 Å². The fourth-order valence-electron chi connectivity index (χ4n) is 1.87. The van der Waals surface area contributed by atoms with Gasteiger partial charge >= 0.3 is 0 Å². The van der Waals surface area contributed by atoms with Gasteiger partial charge in [-0.1, -0.05) is 13.3 Å². The number of aromatic nitrogens is 1. The van der Waals surface area contributed by atoms with Crippen LogP contribution in [0.5, 0.6) is 5.75 Å². The van der Waals surface area contributed by atoms with Gasteiger partial charge in [0.05, 0.1) is 13.2 Å². The molecule has 0 aliphatic rings. The lowest BCUT2D eigenvalue weighted by Gasteiger charge is -2.00. The second-order valence-electron chi connectivity index (χ2n) is 4.76. The lowest BCUT2D eigenvalue weighted by atomic mass is 10.1. The molecule has 0 aliphatic carbocycles. The van der Waals surface area contributed by atoms with Gasteiger partial charge in [0.2, 0.25) is 0 Å². The summed E-state index contributed by atoms with van der Waals surface area (Å²) in [5.74, 6) is 0.925. The molecule has 20 heavy (non-hydrogen) atoms. The number of carbonyl (C=O) groups is 1. The summed E-state index contributed by atoms with van der Waals surface area (Å²) in [5, 5.41) is 1.28. The van der Waals surface area contributed by atoms with E-state index in [0.29, 0.717) is 6.47 Å². The Bertz CT molecular complexity index is 532. The van der Waals surface area contributed by atoms with Crippen LogP contribution in [0.2, 0.25) is 0 Å². The Labute approximate surface area is 120 Å². The fourth-order valence-corrected chi connectivity index (χ4v) is 1.87. The number of carbonyl (C=O) groups excluding carboxylic acids is 1. The average molecular weight is 277 g/mol. The molecule has 0 spiro atoms. The lowest BCUT2D eigenvalue weighted by Crippen LogP contribution is -1.98. The van der Waals surface area contributed by atoms with Crippen LogP contribution in [0.3, 0.4) is 0 Å². The van der Waals surface area contributed by atoms with E-state index < -0.39 is 0 Å². The molecule has 0 unspecified atom stereocenters. The van der Waals surface area contributed by atoms with Crippen molar-refractivity contribution < 1.29 is 14.3 Å². The molecule has 0 amide bonds. The molecule has 1 aromatic carbocycles. The maximum atomic E-state index is 9.39. The summed E-state index contributed by atoms with van der Waals surface area (Å²) in [4.78, 5) is 12.7. The van der Waals surface area contributed by atoms with Gasteiger partial charge in [-0.05, 0) is 44.0 Å². The summed E-state index contributed by atoms with van der Waals surface area (Å²) < 4.78 is 9.57. The van der Waals surface area contributed by atoms with Gasteiger partial charge in [-0.3, -0.25) is 4.79 Å². The first-order chi connectivity index (χ1) is 9.62. The predicted octanol–water partition coefficient (Wildman–Crippen LogP) is 3.70. The van der Waals surface area contributed by atoms with Crippen molar-refractivity contribution in [3.8, 4) is 5.75 Å². The van der Waals surface area contributed by atoms with Crippen molar-refractivity contribution in [1.29, 1.82) is 0 Å². The highest BCUT2D eigenvalue weighted by molar-refractivity contribution is 5.84. The summed E-state index contributed by atoms with van der Waals surface area (Å²) >= 11 is 0. The standard InChI is InChI=1S/C12H15NO.C4H8O2/c1-3-4-9-8-13-12-6-5-10(14-2)7-11(9)12;1-4(2)6-3-5/h5-8,13H,3-4H2,1-2H3;3-4H,1-2H3. The van der Waals surface area contributed by atoms with Crippen LogP contribution in [0.25, 0.3) is 10.9 Å². The number of methoxy groups -OCH3 is 1. The zero-order chi connectivity index (χ0) is 15.0. The summed E-state index contributed by atoms with van der Waals surface area (Å²) in [7, 11) is 1.70. The molecule has 1 N–H and O–H groups in total. The van der Waals surface area contributed by atoms with Crippen molar-refractivity contribution in [3.05, 3.63) is 30.0 Å². The number of H-pyrrole nitrogens is 1. The van der Waals surface area contributed by atoms with Crippen LogP contribution in [-0.2, 0) is 16.0 Å². The predicted molar refractivity (Wildman–Crippen MR) is 81.1 cm³/mol. The van der Waals surface area contributed by atoms with Crippen LogP contribution >= 0.6 is 0 Å². The summed E-state index contributed by atoms with van der Waals surface area (Å²) in [6, 6.07) is 6.14. The molecule has 110 valence electrons. The van der Waals surface area contributed by atoms with E-state index in [2.05, 4.69) is 35.0 Å². The number of aryl methyl sites for hydroxylation is 1. The molecule has 0 bridgehead atoms. The molecule has 1 aromatic heterocycles. The molecular weight excluding hydrogens is 254 g/mol. The van der Waals surface area contributed by atoms with E-state index in [1.807, 2.05) is 6.07 Å². The van der Waals surface area contributed by atoms with Crippen LogP contribution in [0.1, 0.15) is 32.8 Å². The van der Waals surface area contributed by atoms with Crippen molar-refractivity contribution in [2.24, 2.45) is 0 Å². The summed E-state index contributed by atoms with van der Waals surface area (Å²) in [6.07, 6.45) is 4.41. The molecule has 0 fully saturated rings. The molecule has 4 nitrogen and oxygen atoms in total. The Balaban J connectivity index is 0.000000286. The van der Waals surface area contributed by atoms with Crippen LogP contribution in [0.4, 0.5) is 0 Å². The molecule has 0 saturated heterocycles. The SMILES string of the molecule is CC(C)OC=O.CCCc1c[nH]c2ccc(OC)cc12. The number of hydrogen-bond acceptors (Lipinski definition) is 3. The van der Waals surface area contributed by atoms with Crippen LogP contribution in [-0.4, -0.2) is 24.7 Å². The van der Waals surface area contributed by atoms with Crippen LogP contribution in [0, 0.1) is 0 Å². The van der Waals surface area contributed by atoms with Gasteiger partial charge in [0.15, 0.2) is 0 Å². The number of benzene rings is 1. The maximum Gasteiger partial charge on any atom is 0.293 e. The Hall–Kier alpha value is -1.97. The van der Waals surface area contributed by atoms with Gasteiger partial charge in [-0.25, -0.2) is 0 Å². The number of rotatable bonds is 5. The third-order valence-electron chi connectivity index (χ3n) is 2.82. The maximum absolute atomic E-state index is 9.39. The average Bonchev–Trinajstić information content (AvgIpc) is 2.82. The highest BCUT2D eigenvalue weighted by Crippen LogP contribution is 2.24. The van der Waals surface area contributed by atoms with E-state index in [0.717, 1.165) is 12.2 Å². The highest BCUT2D eigenvalue weighted by atomic mass is 16.5. The molecule has 0 radical (unpaired) electrons. The van der Waals surface area contributed by atoms with Crippen molar-refractivity contribution in [2.45, 2.75) is 39.7 Å². The van der Waals surface area contributed by atoms with Gasteiger partial charge in [0.1, 0.15) is 5.75 Å². The molecule has 2 aromatic rings. The van der Waals surface area contributed by atoms with E-state index in [-0.39, 0.29) is 6.10 Å². The minimum absolute atomic E-state index is 0.0301. The first-order valence-corrected chi connectivity index (χ1v) is 6.85. The fraction of sp³-hybridized carbons (Fsp3) is 0.438. The summed E-state index contributed by atoms with van der Waals surface area (Å²) in [5.41, 5.74) is 2.57. The van der Waals surface area contributed by atoms with Crippen LogP contribution in [0.15, 0.2) is 24.4 Å².